The van der Waals surface area contributed by atoms with Crippen molar-refractivity contribution in [2.24, 2.45) is 0 Å². The Balaban J connectivity index is 1.86. The van der Waals surface area contributed by atoms with Crippen molar-refractivity contribution in [1.29, 1.82) is 5.26 Å². The molecular formula is C25H17BrCl4N2O3. The average molecular weight is 615 g/mol. The SMILES string of the molecule is CCOc1cc(/C=C(/C#N)C(=O)Nc2cccc(Cl)c2Cl)c(Br)cc1OCc1ccc(Cl)c(Cl)c1. The second-order valence-corrected chi connectivity index (χ2v) is 9.47. The minimum atomic E-state index is -0.638. The second-order valence-electron chi connectivity index (χ2n) is 7.02. The predicted molar refractivity (Wildman–Crippen MR) is 145 cm³/mol. The van der Waals surface area contributed by atoms with Crippen molar-refractivity contribution in [1.82, 2.24) is 0 Å². The molecule has 0 aromatic heterocycles. The second kappa shape index (κ2) is 12.5. The van der Waals surface area contributed by atoms with E-state index in [9.17, 15) is 10.1 Å². The van der Waals surface area contributed by atoms with Gasteiger partial charge in [-0.3, -0.25) is 4.79 Å². The molecule has 0 saturated heterocycles. The molecule has 0 unspecified atom stereocenters. The highest BCUT2D eigenvalue weighted by Crippen LogP contribution is 2.36. The topological polar surface area (TPSA) is 71.3 Å². The maximum absolute atomic E-state index is 12.7. The van der Waals surface area contributed by atoms with Crippen molar-refractivity contribution in [3.63, 3.8) is 0 Å². The Kier molecular flexibility index (Phi) is 9.73. The Hall–Kier alpha value is -2.40. The molecule has 3 rings (SSSR count). The number of halogens is 5. The van der Waals surface area contributed by atoms with Crippen molar-refractivity contribution >= 4 is 80.0 Å². The monoisotopic (exact) mass is 612 g/mol. The maximum Gasteiger partial charge on any atom is 0.266 e. The van der Waals surface area contributed by atoms with Gasteiger partial charge in [-0.1, -0.05) is 74.5 Å². The van der Waals surface area contributed by atoms with Crippen molar-refractivity contribution in [3.05, 3.63) is 89.8 Å². The van der Waals surface area contributed by atoms with Crippen LogP contribution >= 0.6 is 62.3 Å². The summed E-state index contributed by atoms with van der Waals surface area (Å²) in [6, 6.07) is 15.3. The summed E-state index contributed by atoms with van der Waals surface area (Å²) in [5.41, 5.74) is 1.52. The molecule has 35 heavy (non-hydrogen) atoms. The highest BCUT2D eigenvalue weighted by Gasteiger charge is 2.16. The number of ether oxygens (including phenoxy) is 2. The van der Waals surface area contributed by atoms with Gasteiger partial charge < -0.3 is 14.8 Å². The van der Waals surface area contributed by atoms with Crippen LogP contribution in [0.5, 0.6) is 11.5 Å². The molecule has 0 spiro atoms. The maximum atomic E-state index is 12.7. The standard InChI is InChI=1S/C25H17BrCl4N2O3/c1-2-34-22-10-15(9-16(12-31)25(33)32-21-5-3-4-19(28)24(21)30)17(26)11-23(22)35-13-14-6-7-18(27)20(29)8-14/h3-11H,2,13H2,1H3,(H,32,33)/b16-9-. The first-order chi connectivity index (χ1) is 16.7. The van der Waals surface area contributed by atoms with Crippen molar-refractivity contribution in [2.45, 2.75) is 13.5 Å². The number of amides is 1. The smallest absolute Gasteiger partial charge is 0.266 e. The van der Waals surface area contributed by atoms with Gasteiger partial charge in [-0.05, 0) is 60.5 Å². The first-order valence-electron chi connectivity index (χ1n) is 10.1. The van der Waals surface area contributed by atoms with E-state index in [1.54, 1.807) is 42.5 Å². The molecule has 5 nitrogen and oxygen atoms in total. The number of carbonyl (C=O) groups is 1. The molecule has 1 amide bonds. The molecule has 3 aromatic rings. The molecule has 1 N–H and O–H groups in total. The Bertz CT molecular complexity index is 1340. The fraction of sp³-hybridized carbons (Fsp3) is 0.120. The first kappa shape index (κ1) is 27.2. The lowest BCUT2D eigenvalue weighted by Gasteiger charge is -2.14. The fourth-order valence-electron chi connectivity index (χ4n) is 2.93. The molecule has 0 fully saturated rings. The molecule has 3 aromatic carbocycles. The van der Waals surface area contributed by atoms with Crippen molar-refractivity contribution < 1.29 is 14.3 Å². The summed E-state index contributed by atoms with van der Waals surface area (Å²) < 4.78 is 12.3. The number of hydrogen-bond donors (Lipinski definition) is 1. The average Bonchev–Trinajstić information content (AvgIpc) is 2.83. The van der Waals surface area contributed by atoms with Gasteiger partial charge in [-0.2, -0.15) is 5.26 Å². The summed E-state index contributed by atoms with van der Waals surface area (Å²) in [7, 11) is 0. The number of hydrogen-bond acceptors (Lipinski definition) is 4. The molecule has 0 heterocycles. The molecule has 0 atom stereocenters. The van der Waals surface area contributed by atoms with Crippen LogP contribution in [0.2, 0.25) is 20.1 Å². The van der Waals surface area contributed by atoms with E-state index in [0.29, 0.717) is 43.9 Å². The normalized spacial score (nSPS) is 11.1. The lowest BCUT2D eigenvalue weighted by Crippen LogP contribution is -2.13. The summed E-state index contributed by atoms with van der Waals surface area (Å²) in [5, 5.41) is 13.6. The Morgan fingerprint density at radius 3 is 2.46 bits per heavy atom. The molecule has 0 aliphatic heterocycles. The third kappa shape index (κ3) is 7.07. The van der Waals surface area contributed by atoms with Gasteiger partial charge in [-0.15, -0.1) is 0 Å². The van der Waals surface area contributed by atoms with E-state index in [4.69, 9.17) is 55.9 Å². The molecule has 0 aliphatic rings. The first-order valence-corrected chi connectivity index (χ1v) is 12.4. The highest BCUT2D eigenvalue weighted by atomic mass is 79.9. The summed E-state index contributed by atoms with van der Waals surface area (Å²) in [6.07, 6.45) is 1.43. The van der Waals surface area contributed by atoms with E-state index < -0.39 is 5.91 Å². The van der Waals surface area contributed by atoms with Crippen LogP contribution in [0.4, 0.5) is 5.69 Å². The van der Waals surface area contributed by atoms with E-state index >= 15 is 0 Å². The van der Waals surface area contributed by atoms with Crippen LogP contribution in [-0.4, -0.2) is 12.5 Å². The quantitative estimate of drug-likeness (QED) is 0.204. The number of benzene rings is 3. The number of anilines is 1. The van der Waals surface area contributed by atoms with Gasteiger partial charge in [0.15, 0.2) is 11.5 Å². The minimum absolute atomic E-state index is 0.145. The van der Waals surface area contributed by atoms with E-state index in [1.165, 1.54) is 6.08 Å². The van der Waals surface area contributed by atoms with Crippen molar-refractivity contribution in [2.75, 3.05) is 11.9 Å². The van der Waals surface area contributed by atoms with E-state index in [1.807, 2.05) is 19.1 Å². The summed E-state index contributed by atoms with van der Waals surface area (Å²) >= 11 is 27.7. The lowest BCUT2D eigenvalue weighted by atomic mass is 10.1. The lowest BCUT2D eigenvalue weighted by molar-refractivity contribution is -0.112. The van der Waals surface area contributed by atoms with E-state index in [-0.39, 0.29) is 22.2 Å². The largest absolute Gasteiger partial charge is 0.490 e. The number of carbonyl (C=O) groups excluding carboxylic acids is 1. The van der Waals surface area contributed by atoms with E-state index in [2.05, 4.69) is 21.2 Å². The summed E-state index contributed by atoms with van der Waals surface area (Å²) in [4.78, 5) is 12.7. The van der Waals surface area contributed by atoms with Crippen molar-refractivity contribution in [3.8, 4) is 17.6 Å². The summed E-state index contributed by atoms with van der Waals surface area (Å²) in [6.45, 7) is 2.45. The Morgan fingerprint density at radius 1 is 1.03 bits per heavy atom. The summed E-state index contributed by atoms with van der Waals surface area (Å²) in [5.74, 6) is 0.273. The zero-order valence-electron chi connectivity index (χ0n) is 18.2. The van der Waals surface area contributed by atoms with Crippen LogP contribution in [0.1, 0.15) is 18.1 Å². The van der Waals surface area contributed by atoms with Crippen LogP contribution < -0.4 is 14.8 Å². The minimum Gasteiger partial charge on any atom is -0.490 e. The Labute approximate surface area is 231 Å². The van der Waals surface area contributed by atoms with Gasteiger partial charge in [0.05, 0.1) is 32.4 Å². The molecule has 0 bridgehead atoms. The molecule has 180 valence electrons. The number of nitriles is 1. The van der Waals surface area contributed by atoms with Gasteiger partial charge in [-0.25, -0.2) is 0 Å². The van der Waals surface area contributed by atoms with Gasteiger partial charge in [0.1, 0.15) is 18.2 Å². The van der Waals surface area contributed by atoms with Crippen LogP contribution in [0.25, 0.3) is 6.08 Å². The van der Waals surface area contributed by atoms with Crippen LogP contribution in [-0.2, 0) is 11.4 Å². The van der Waals surface area contributed by atoms with Crippen LogP contribution in [0.3, 0.4) is 0 Å². The number of nitrogens with one attached hydrogen (secondary N) is 1. The zero-order valence-corrected chi connectivity index (χ0v) is 22.8. The highest BCUT2D eigenvalue weighted by molar-refractivity contribution is 9.10. The zero-order chi connectivity index (χ0) is 25.5. The Morgan fingerprint density at radius 2 is 1.77 bits per heavy atom. The van der Waals surface area contributed by atoms with Gasteiger partial charge in [0.2, 0.25) is 0 Å². The van der Waals surface area contributed by atoms with Gasteiger partial charge >= 0.3 is 0 Å². The molecule has 0 radical (unpaired) electrons. The molecular weight excluding hydrogens is 598 g/mol. The van der Waals surface area contributed by atoms with Crippen LogP contribution in [0, 0.1) is 11.3 Å². The fourth-order valence-corrected chi connectivity index (χ4v) is 4.03. The van der Waals surface area contributed by atoms with Gasteiger partial charge in [0, 0.05) is 4.47 Å². The predicted octanol–water partition coefficient (Wildman–Crippen LogP) is 8.59. The molecule has 0 saturated carbocycles. The third-order valence-corrected chi connectivity index (χ3v) is 6.85. The molecule has 10 heteroatoms. The van der Waals surface area contributed by atoms with Crippen LogP contribution in [0.15, 0.2) is 58.6 Å². The number of rotatable bonds is 8. The van der Waals surface area contributed by atoms with E-state index in [0.717, 1.165) is 5.56 Å². The number of nitrogens with zero attached hydrogens (tertiary/aromatic N) is 1. The molecule has 0 aliphatic carbocycles. The third-order valence-electron chi connectivity index (χ3n) is 4.61. The van der Waals surface area contributed by atoms with Gasteiger partial charge in [0.25, 0.3) is 5.91 Å².